The molecule has 1 aliphatic rings. The maximum absolute atomic E-state index is 5.68. The predicted molar refractivity (Wildman–Crippen MR) is 64.6 cm³/mol. The van der Waals surface area contributed by atoms with Crippen LogP contribution >= 0.6 is 11.3 Å². The molecule has 1 aliphatic heterocycles. The monoisotopic (exact) mass is 232 g/mol. The molecule has 0 amide bonds. The highest BCUT2D eigenvalue weighted by molar-refractivity contribution is 7.12. The lowest BCUT2D eigenvalue weighted by atomic mass is 10.1. The van der Waals surface area contributed by atoms with Gasteiger partial charge in [0.1, 0.15) is 12.4 Å². The van der Waals surface area contributed by atoms with E-state index in [0.717, 1.165) is 28.4 Å². The molecule has 0 aliphatic carbocycles. The van der Waals surface area contributed by atoms with Crippen LogP contribution in [-0.2, 0) is 13.0 Å². The molecule has 3 nitrogen and oxygen atoms in total. The van der Waals surface area contributed by atoms with E-state index in [-0.39, 0.29) is 0 Å². The lowest BCUT2D eigenvalue weighted by Gasteiger charge is -2.15. The number of thiazole rings is 1. The Hall–Kier alpha value is -1.39. The summed E-state index contributed by atoms with van der Waals surface area (Å²) in [4.78, 5) is 5.85. The van der Waals surface area contributed by atoms with Crippen LogP contribution in [0.2, 0.25) is 0 Å². The third-order valence-corrected chi connectivity index (χ3v) is 3.69. The molecule has 0 bridgehead atoms. The van der Waals surface area contributed by atoms with Crippen LogP contribution in [0.15, 0.2) is 24.3 Å². The third kappa shape index (κ3) is 1.50. The average Bonchev–Trinajstić information content (AvgIpc) is 2.72. The van der Waals surface area contributed by atoms with Gasteiger partial charge in [-0.05, 0) is 18.7 Å². The SMILES string of the molecule is NCCc1nc2c(s1)COc1ccccc1-2. The summed E-state index contributed by atoms with van der Waals surface area (Å²) in [5.74, 6) is 0.930. The van der Waals surface area contributed by atoms with Crippen LogP contribution in [-0.4, -0.2) is 11.5 Å². The van der Waals surface area contributed by atoms with Crippen LogP contribution in [0.4, 0.5) is 0 Å². The molecule has 82 valence electrons. The second-order valence-electron chi connectivity index (χ2n) is 3.70. The highest BCUT2D eigenvalue weighted by Gasteiger charge is 2.21. The molecule has 2 N–H and O–H groups in total. The van der Waals surface area contributed by atoms with Gasteiger partial charge in [0.25, 0.3) is 0 Å². The number of hydrogen-bond acceptors (Lipinski definition) is 4. The summed E-state index contributed by atoms with van der Waals surface area (Å²) < 4.78 is 5.68. The Balaban J connectivity index is 2.09. The van der Waals surface area contributed by atoms with E-state index in [4.69, 9.17) is 10.5 Å². The number of benzene rings is 1. The van der Waals surface area contributed by atoms with E-state index >= 15 is 0 Å². The third-order valence-electron chi connectivity index (χ3n) is 2.60. The van der Waals surface area contributed by atoms with Gasteiger partial charge in [-0.2, -0.15) is 0 Å². The van der Waals surface area contributed by atoms with Crippen LogP contribution in [0.5, 0.6) is 5.75 Å². The minimum absolute atomic E-state index is 0.634. The van der Waals surface area contributed by atoms with Crippen LogP contribution in [0.25, 0.3) is 11.3 Å². The first kappa shape index (κ1) is 9.81. The molecule has 4 heteroatoms. The fraction of sp³-hybridized carbons (Fsp3) is 0.250. The van der Waals surface area contributed by atoms with Crippen molar-refractivity contribution in [3.05, 3.63) is 34.2 Å². The van der Waals surface area contributed by atoms with Gasteiger partial charge in [0.15, 0.2) is 0 Å². The Bertz CT molecular complexity index is 521. The molecule has 2 heterocycles. The quantitative estimate of drug-likeness (QED) is 0.863. The summed E-state index contributed by atoms with van der Waals surface area (Å²) in [5.41, 5.74) is 7.73. The second kappa shape index (κ2) is 3.88. The first-order valence-electron chi connectivity index (χ1n) is 5.29. The number of hydrogen-bond donors (Lipinski definition) is 1. The van der Waals surface area contributed by atoms with Crippen molar-refractivity contribution in [2.45, 2.75) is 13.0 Å². The van der Waals surface area contributed by atoms with Crippen molar-refractivity contribution in [3.8, 4) is 17.0 Å². The van der Waals surface area contributed by atoms with Gasteiger partial charge in [0.05, 0.1) is 15.6 Å². The van der Waals surface area contributed by atoms with Crippen molar-refractivity contribution >= 4 is 11.3 Å². The van der Waals surface area contributed by atoms with Crippen LogP contribution < -0.4 is 10.5 Å². The zero-order valence-electron chi connectivity index (χ0n) is 8.77. The van der Waals surface area contributed by atoms with Gasteiger partial charge >= 0.3 is 0 Å². The van der Waals surface area contributed by atoms with Crippen molar-refractivity contribution in [2.24, 2.45) is 5.73 Å². The number of para-hydroxylation sites is 1. The zero-order chi connectivity index (χ0) is 11.0. The highest BCUT2D eigenvalue weighted by Crippen LogP contribution is 2.39. The summed E-state index contributed by atoms with van der Waals surface area (Å²) in [7, 11) is 0. The molecule has 0 atom stereocenters. The average molecular weight is 232 g/mol. The molecule has 0 spiro atoms. The molecular weight excluding hydrogens is 220 g/mol. The summed E-state index contributed by atoms with van der Waals surface area (Å²) in [6.45, 7) is 1.28. The fourth-order valence-electron chi connectivity index (χ4n) is 1.87. The van der Waals surface area contributed by atoms with Gasteiger partial charge in [0.2, 0.25) is 0 Å². The molecular formula is C12H12N2OS. The summed E-state index contributed by atoms with van der Waals surface area (Å²) >= 11 is 1.71. The highest BCUT2D eigenvalue weighted by atomic mass is 32.1. The smallest absolute Gasteiger partial charge is 0.129 e. The topological polar surface area (TPSA) is 48.1 Å². The van der Waals surface area contributed by atoms with Gasteiger partial charge in [-0.15, -0.1) is 11.3 Å². The Labute approximate surface area is 97.9 Å². The first-order chi connectivity index (χ1) is 7.88. The van der Waals surface area contributed by atoms with E-state index in [0.29, 0.717) is 13.2 Å². The number of nitrogens with zero attached hydrogens (tertiary/aromatic N) is 1. The number of fused-ring (bicyclic) bond motifs is 3. The van der Waals surface area contributed by atoms with E-state index in [9.17, 15) is 0 Å². The minimum Gasteiger partial charge on any atom is -0.487 e. The van der Waals surface area contributed by atoms with Crippen molar-refractivity contribution in [1.29, 1.82) is 0 Å². The molecule has 16 heavy (non-hydrogen) atoms. The Kier molecular flexibility index (Phi) is 2.38. The number of nitrogens with two attached hydrogens (primary N) is 1. The van der Waals surface area contributed by atoms with E-state index in [2.05, 4.69) is 11.1 Å². The van der Waals surface area contributed by atoms with Gasteiger partial charge in [-0.25, -0.2) is 4.98 Å². The van der Waals surface area contributed by atoms with E-state index in [1.54, 1.807) is 11.3 Å². The van der Waals surface area contributed by atoms with E-state index in [1.165, 1.54) is 4.88 Å². The Morgan fingerprint density at radius 3 is 3.12 bits per heavy atom. The molecule has 3 rings (SSSR count). The van der Waals surface area contributed by atoms with Crippen LogP contribution in [0.3, 0.4) is 0 Å². The van der Waals surface area contributed by atoms with Crippen molar-refractivity contribution in [2.75, 3.05) is 6.54 Å². The van der Waals surface area contributed by atoms with E-state index in [1.807, 2.05) is 18.2 Å². The largest absolute Gasteiger partial charge is 0.487 e. The van der Waals surface area contributed by atoms with E-state index < -0.39 is 0 Å². The van der Waals surface area contributed by atoms with Crippen LogP contribution in [0, 0.1) is 0 Å². The normalized spacial score (nSPS) is 12.8. The number of aromatic nitrogens is 1. The molecule has 1 aromatic heterocycles. The molecule has 1 aromatic carbocycles. The summed E-state index contributed by atoms with van der Waals surface area (Å²) in [5, 5.41) is 1.10. The molecule has 0 radical (unpaired) electrons. The van der Waals surface area contributed by atoms with Gasteiger partial charge in [0, 0.05) is 12.0 Å². The maximum Gasteiger partial charge on any atom is 0.129 e. The molecule has 0 saturated heterocycles. The zero-order valence-corrected chi connectivity index (χ0v) is 9.59. The molecule has 2 aromatic rings. The standard InChI is InChI=1S/C12H12N2OS/c13-6-5-11-14-12-8-3-1-2-4-9(8)15-7-10(12)16-11/h1-4H,5-7,13H2. The molecule has 0 unspecified atom stereocenters. The molecule has 0 saturated carbocycles. The number of rotatable bonds is 2. The molecule has 0 fully saturated rings. The predicted octanol–water partition coefficient (Wildman–Crippen LogP) is 2.20. The van der Waals surface area contributed by atoms with Gasteiger partial charge in [-0.3, -0.25) is 0 Å². The fourth-order valence-corrected chi connectivity index (χ4v) is 2.88. The van der Waals surface area contributed by atoms with Crippen LogP contribution in [0.1, 0.15) is 9.88 Å². The Morgan fingerprint density at radius 1 is 1.38 bits per heavy atom. The maximum atomic E-state index is 5.68. The second-order valence-corrected chi connectivity index (χ2v) is 4.87. The van der Waals surface area contributed by atoms with Crippen molar-refractivity contribution < 1.29 is 4.74 Å². The first-order valence-corrected chi connectivity index (χ1v) is 6.11. The Morgan fingerprint density at radius 2 is 2.25 bits per heavy atom. The van der Waals surface area contributed by atoms with Gasteiger partial charge in [-0.1, -0.05) is 12.1 Å². The minimum atomic E-state index is 0.634. The van der Waals surface area contributed by atoms with Gasteiger partial charge < -0.3 is 10.5 Å². The lowest BCUT2D eigenvalue weighted by Crippen LogP contribution is -2.03. The van der Waals surface area contributed by atoms with Crippen molar-refractivity contribution in [3.63, 3.8) is 0 Å². The lowest BCUT2D eigenvalue weighted by molar-refractivity contribution is 0.305. The summed E-state index contributed by atoms with van der Waals surface area (Å²) in [6, 6.07) is 8.04. The van der Waals surface area contributed by atoms with Crippen molar-refractivity contribution in [1.82, 2.24) is 4.98 Å². The summed E-state index contributed by atoms with van der Waals surface area (Å²) in [6.07, 6.45) is 0.847. The number of ether oxygens (including phenoxy) is 1.